The maximum Gasteiger partial charge on any atom is 0.302 e. The maximum atomic E-state index is 10.6. The zero-order chi connectivity index (χ0) is 12.6. The topological polar surface area (TPSA) is 52.6 Å². The maximum absolute atomic E-state index is 10.6. The molecule has 1 atom stereocenters. The van der Waals surface area contributed by atoms with Crippen molar-refractivity contribution in [2.24, 2.45) is 5.92 Å². The van der Waals surface area contributed by atoms with Gasteiger partial charge < -0.3 is 9.47 Å². The predicted molar refractivity (Wildman–Crippen MR) is 60.8 cm³/mol. The summed E-state index contributed by atoms with van der Waals surface area (Å²) >= 11 is 0. The van der Waals surface area contributed by atoms with Crippen LogP contribution in [0.3, 0.4) is 0 Å². The lowest BCUT2D eigenvalue weighted by atomic mass is 10.1. The van der Waals surface area contributed by atoms with Crippen molar-refractivity contribution in [3.63, 3.8) is 0 Å². The molecule has 0 aliphatic carbocycles. The van der Waals surface area contributed by atoms with Gasteiger partial charge in [-0.15, -0.1) is 0 Å². The zero-order valence-electron chi connectivity index (χ0n) is 10.4. The number of hydrogen-bond acceptors (Lipinski definition) is 4. The molecule has 0 fully saturated rings. The number of rotatable bonds is 6. The molecule has 0 aliphatic rings. The van der Waals surface area contributed by atoms with E-state index in [1.807, 2.05) is 19.9 Å². The molecule has 16 heavy (non-hydrogen) atoms. The standard InChI is InChI=1S/C12H20O4/c1-9(7-15-11(3)13)5-6-10(2)8-16-12(4)14/h5,10H,6-8H2,1-4H3/b9-5+/t10-/m0/s1. The van der Waals surface area contributed by atoms with Gasteiger partial charge in [-0.2, -0.15) is 0 Å². The van der Waals surface area contributed by atoms with Crippen molar-refractivity contribution in [3.05, 3.63) is 11.6 Å². The van der Waals surface area contributed by atoms with E-state index in [2.05, 4.69) is 0 Å². The van der Waals surface area contributed by atoms with Gasteiger partial charge in [-0.05, 0) is 24.8 Å². The molecule has 4 heteroatoms. The van der Waals surface area contributed by atoms with E-state index in [0.29, 0.717) is 13.2 Å². The number of hydrogen-bond donors (Lipinski definition) is 0. The van der Waals surface area contributed by atoms with E-state index < -0.39 is 0 Å². The number of allylic oxidation sites excluding steroid dienone is 1. The van der Waals surface area contributed by atoms with Crippen molar-refractivity contribution < 1.29 is 19.1 Å². The highest BCUT2D eigenvalue weighted by Gasteiger charge is 2.03. The summed E-state index contributed by atoms with van der Waals surface area (Å²) in [5, 5.41) is 0. The molecule has 0 aromatic heterocycles. The van der Waals surface area contributed by atoms with Crippen LogP contribution in [0.5, 0.6) is 0 Å². The third-order valence-corrected chi connectivity index (χ3v) is 1.94. The van der Waals surface area contributed by atoms with Crippen molar-refractivity contribution in [2.45, 2.75) is 34.1 Å². The summed E-state index contributed by atoms with van der Waals surface area (Å²) in [5.41, 5.74) is 1.00. The largest absolute Gasteiger partial charge is 0.466 e. The Labute approximate surface area is 96.6 Å². The highest BCUT2D eigenvalue weighted by molar-refractivity contribution is 5.66. The quantitative estimate of drug-likeness (QED) is 0.516. The first-order valence-corrected chi connectivity index (χ1v) is 5.34. The smallest absolute Gasteiger partial charge is 0.302 e. The van der Waals surface area contributed by atoms with Crippen molar-refractivity contribution in [3.8, 4) is 0 Å². The fourth-order valence-electron chi connectivity index (χ4n) is 1.00. The highest BCUT2D eigenvalue weighted by Crippen LogP contribution is 2.06. The van der Waals surface area contributed by atoms with Crippen LogP contribution in [0.1, 0.15) is 34.1 Å². The van der Waals surface area contributed by atoms with Crippen LogP contribution < -0.4 is 0 Å². The van der Waals surface area contributed by atoms with Gasteiger partial charge in [0.15, 0.2) is 0 Å². The van der Waals surface area contributed by atoms with E-state index in [1.165, 1.54) is 13.8 Å². The first-order chi connectivity index (χ1) is 7.41. The molecule has 92 valence electrons. The lowest BCUT2D eigenvalue weighted by Gasteiger charge is -2.09. The second-order valence-corrected chi connectivity index (χ2v) is 3.97. The number of ether oxygens (including phenoxy) is 2. The van der Waals surface area contributed by atoms with Gasteiger partial charge >= 0.3 is 11.9 Å². The average molecular weight is 228 g/mol. The van der Waals surface area contributed by atoms with Crippen LogP contribution in [0.2, 0.25) is 0 Å². The van der Waals surface area contributed by atoms with Crippen LogP contribution in [0, 0.1) is 5.92 Å². The Morgan fingerprint density at radius 1 is 1.12 bits per heavy atom. The molecule has 0 bridgehead atoms. The fraction of sp³-hybridized carbons (Fsp3) is 0.667. The Kier molecular flexibility index (Phi) is 7.25. The Balaban J connectivity index is 3.78. The SMILES string of the molecule is CC(=O)OC/C(C)=C/C[C@H](C)COC(C)=O. The molecule has 0 amide bonds. The van der Waals surface area contributed by atoms with Gasteiger partial charge in [0.1, 0.15) is 6.61 Å². The summed E-state index contributed by atoms with van der Waals surface area (Å²) in [5.74, 6) is -0.260. The molecule has 0 N–H and O–H groups in total. The summed E-state index contributed by atoms with van der Waals surface area (Å²) in [4.78, 5) is 21.1. The van der Waals surface area contributed by atoms with E-state index in [9.17, 15) is 9.59 Å². The molecule has 0 aromatic rings. The third-order valence-electron chi connectivity index (χ3n) is 1.94. The van der Waals surface area contributed by atoms with E-state index in [0.717, 1.165) is 12.0 Å². The van der Waals surface area contributed by atoms with Gasteiger partial charge in [-0.3, -0.25) is 9.59 Å². The molecule has 0 radical (unpaired) electrons. The van der Waals surface area contributed by atoms with E-state index in [4.69, 9.17) is 9.47 Å². The van der Waals surface area contributed by atoms with E-state index in [1.54, 1.807) is 0 Å². The van der Waals surface area contributed by atoms with Gasteiger partial charge in [-0.1, -0.05) is 13.0 Å². The molecule has 0 saturated carbocycles. The molecule has 0 saturated heterocycles. The molecule has 0 heterocycles. The van der Waals surface area contributed by atoms with Crippen LogP contribution in [-0.4, -0.2) is 25.2 Å². The molecule has 0 spiro atoms. The van der Waals surface area contributed by atoms with Crippen LogP contribution >= 0.6 is 0 Å². The van der Waals surface area contributed by atoms with Crippen LogP contribution in [-0.2, 0) is 19.1 Å². The lowest BCUT2D eigenvalue weighted by Crippen LogP contribution is -2.09. The minimum Gasteiger partial charge on any atom is -0.466 e. The summed E-state index contributed by atoms with van der Waals surface area (Å²) < 4.78 is 9.72. The van der Waals surface area contributed by atoms with Crippen molar-refractivity contribution in [2.75, 3.05) is 13.2 Å². The minimum atomic E-state index is -0.277. The first-order valence-electron chi connectivity index (χ1n) is 5.34. The number of carbonyl (C=O) groups excluding carboxylic acids is 2. The molecule has 0 aliphatic heterocycles. The second-order valence-electron chi connectivity index (χ2n) is 3.97. The highest BCUT2D eigenvalue weighted by atomic mass is 16.5. The number of carbonyl (C=O) groups is 2. The zero-order valence-corrected chi connectivity index (χ0v) is 10.4. The molecule has 0 aromatic carbocycles. The Bertz CT molecular complexity index is 268. The Morgan fingerprint density at radius 3 is 2.19 bits per heavy atom. The van der Waals surface area contributed by atoms with Crippen molar-refractivity contribution >= 4 is 11.9 Å². The average Bonchev–Trinajstić information content (AvgIpc) is 2.20. The van der Waals surface area contributed by atoms with E-state index >= 15 is 0 Å². The Morgan fingerprint density at radius 2 is 1.69 bits per heavy atom. The Hall–Kier alpha value is -1.32. The number of esters is 2. The van der Waals surface area contributed by atoms with Gasteiger partial charge in [-0.25, -0.2) is 0 Å². The minimum absolute atomic E-state index is 0.257. The molecular weight excluding hydrogens is 208 g/mol. The summed E-state index contributed by atoms with van der Waals surface area (Å²) in [7, 11) is 0. The normalized spacial score (nSPS) is 13.1. The lowest BCUT2D eigenvalue weighted by molar-refractivity contribution is -0.142. The molecular formula is C12H20O4. The van der Waals surface area contributed by atoms with Gasteiger partial charge in [0.2, 0.25) is 0 Å². The van der Waals surface area contributed by atoms with Gasteiger partial charge in [0.05, 0.1) is 6.61 Å². The first kappa shape index (κ1) is 14.7. The summed E-state index contributed by atoms with van der Waals surface area (Å²) in [6.07, 6.45) is 2.80. The fourth-order valence-corrected chi connectivity index (χ4v) is 1.00. The van der Waals surface area contributed by atoms with Gasteiger partial charge in [0.25, 0.3) is 0 Å². The molecule has 4 nitrogen and oxygen atoms in total. The predicted octanol–water partition coefficient (Wildman–Crippen LogP) is 2.09. The summed E-state index contributed by atoms with van der Waals surface area (Å²) in [6.45, 7) is 7.44. The van der Waals surface area contributed by atoms with Crippen LogP contribution in [0.25, 0.3) is 0 Å². The monoisotopic (exact) mass is 228 g/mol. The molecule has 0 rings (SSSR count). The van der Waals surface area contributed by atoms with Crippen molar-refractivity contribution in [1.82, 2.24) is 0 Å². The third kappa shape index (κ3) is 9.24. The molecule has 0 unspecified atom stereocenters. The van der Waals surface area contributed by atoms with Gasteiger partial charge in [0, 0.05) is 13.8 Å². The van der Waals surface area contributed by atoms with Crippen molar-refractivity contribution in [1.29, 1.82) is 0 Å². The van der Waals surface area contributed by atoms with Crippen LogP contribution in [0.15, 0.2) is 11.6 Å². The van der Waals surface area contributed by atoms with Crippen LogP contribution in [0.4, 0.5) is 0 Å². The van der Waals surface area contributed by atoms with E-state index in [-0.39, 0.29) is 17.9 Å². The second kappa shape index (κ2) is 7.91. The summed E-state index contributed by atoms with van der Waals surface area (Å²) in [6, 6.07) is 0.